The van der Waals surface area contributed by atoms with Crippen LogP contribution in [0.25, 0.3) is 17.0 Å². The summed E-state index contributed by atoms with van der Waals surface area (Å²) in [6.45, 7) is 4.66. The van der Waals surface area contributed by atoms with Gasteiger partial charge in [0.05, 0.1) is 5.39 Å². The van der Waals surface area contributed by atoms with Gasteiger partial charge in [0, 0.05) is 29.6 Å². The molecule has 0 aliphatic carbocycles. The van der Waals surface area contributed by atoms with Crippen molar-refractivity contribution in [2.45, 2.75) is 20.4 Å². The third-order valence-corrected chi connectivity index (χ3v) is 4.11. The van der Waals surface area contributed by atoms with E-state index in [-0.39, 0.29) is 29.8 Å². The minimum Gasteiger partial charge on any atom is -1.00 e. The van der Waals surface area contributed by atoms with Crippen molar-refractivity contribution in [3.63, 3.8) is 0 Å². The number of aryl methyl sites for hydroxylation is 1. The maximum Gasteiger partial charge on any atom is 0.213 e. The van der Waals surface area contributed by atoms with E-state index < -0.39 is 0 Å². The molecular weight excluding hydrogens is 423 g/mol. The van der Waals surface area contributed by atoms with Gasteiger partial charge in [0.15, 0.2) is 12.0 Å². The summed E-state index contributed by atoms with van der Waals surface area (Å²) in [6.07, 6.45) is 6.03. The summed E-state index contributed by atoms with van der Waals surface area (Å²) in [5, 5.41) is 4.44. The van der Waals surface area contributed by atoms with E-state index in [2.05, 4.69) is 53.3 Å². The summed E-state index contributed by atoms with van der Waals surface area (Å²) in [4.78, 5) is 11.7. The molecule has 2 aromatic carbocycles. The lowest BCUT2D eigenvalue weighted by Gasteiger charge is -2.06. The summed E-state index contributed by atoms with van der Waals surface area (Å²) in [5.41, 5.74) is 3.88. The Labute approximate surface area is 165 Å². The number of benzene rings is 2. The van der Waals surface area contributed by atoms with E-state index in [9.17, 15) is 4.79 Å². The van der Waals surface area contributed by atoms with Gasteiger partial charge in [-0.1, -0.05) is 24.3 Å². The predicted molar refractivity (Wildman–Crippen MR) is 98.9 cm³/mol. The second-order valence-electron chi connectivity index (χ2n) is 5.65. The number of Topliss-reactive ketones (excluding diaryl/α,β-unsaturated/α-hetero) is 1. The lowest BCUT2D eigenvalue weighted by Crippen LogP contribution is -3.00. The molecule has 0 saturated heterocycles. The van der Waals surface area contributed by atoms with Crippen LogP contribution >= 0.6 is 0 Å². The summed E-state index contributed by atoms with van der Waals surface area (Å²) >= 11 is 0. The van der Waals surface area contributed by atoms with Crippen LogP contribution in [0.2, 0.25) is 0 Å². The molecule has 1 heterocycles. The third-order valence-electron chi connectivity index (χ3n) is 4.11. The molecule has 0 saturated carbocycles. The first-order valence-corrected chi connectivity index (χ1v) is 8.15. The van der Waals surface area contributed by atoms with Gasteiger partial charge in [-0.25, -0.2) is 0 Å². The average Bonchev–Trinajstić information content (AvgIpc) is 2.62. The van der Waals surface area contributed by atoms with E-state index >= 15 is 0 Å². The number of ketones is 1. The standard InChI is InChI=1S/C21H20N2O.HI/c1-3-23-15-13-17(19-9-5-7-11-21(19)23)12-14-22-20-10-6-4-8-18(20)16(2)24;/h4-15H,3H2,1-2H3;1H. The zero-order valence-corrected chi connectivity index (χ0v) is 16.5. The molecule has 4 heteroatoms. The zero-order chi connectivity index (χ0) is 16.9. The van der Waals surface area contributed by atoms with Crippen molar-refractivity contribution in [1.82, 2.24) is 0 Å². The molecule has 1 N–H and O–H groups in total. The van der Waals surface area contributed by atoms with Gasteiger partial charge in [0.1, 0.15) is 6.54 Å². The second kappa shape index (κ2) is 8.76. The predicted octanol–water partition coefficient (Wildman–Crippen LogP) is 1.44. The number of halogens is 1. The van der Waals surface area contributed by atoms with E-state index in [4.69, 9.17) is 0 Å². The number of nitrogens with zero attached hydrogens (tertiary/aromatic N) is 1. The van der Waals surface area contributed by atoms with Crippen molar-refractivity contribution < 1.29 is 33.3 Å². The summed E-state index contributed by atoms with van der Waals surface area (Å²) < 4.78 is 2.23. The van der Waals surface area contributed by atoms with Crippen LogP contribution in [0.15, 0.2) is 67.0 Å². The van der Waals surface area contributed by atoms with Gasteiger partial charge in [-0.15, -0.1) is 0 Å². The lowest BCUT2D eigenvalue weighted by atomic mass is 10.1. The van der Waals surface area contributed by atoms with Crippen molar-refractivity contribution in [2.75, 3.05) is 5.32 Å². The number of hydrogen-bond donors (Lipinski definition) is 1. The molecule has 25 heavy (non-hydrogen) atoms. The molecule has 0 amide bonds. The second-order valence-corrected chi connectivity index (χ2v) is 5.65. The molecule has 0 atom stereocenters. The Balaban J connectivity index is 0.00000225. The van der Waals surface area contributed by atoms with E-state index in [0.717, 1.165) is 17.8 Å². The van der Waals surface area contributed by atoms with E-state index in [1.165, 1.54) is 10.9 Å². The van der Waals surface area contributed by atoms with Gasteiger partial charge in [-0.3, -0.25) is 4.79 Å². The smallest absolute Gasteiger partial charge is 0.213 e. The van der Waals surface area contributed by atoms with Crippen LogP contribution in [0.1, 0.15) is 29.8 Å². The number of fused-ring (bicyclic) bond motifs is 1. The highest BCUT2D eigenvalue weighted by Crippen LogP contribution is 2.18. The Bertz CT molecular complexity index is 919. The third kappa shape index (κ3) is 4.25. The first-order chi connectivity index (χ1) is 11.7. The van der Waals surface area contributed by atoms with Gasteiger partial charge >= 0.3 is 0 Å². The molecule has 0 radical (unpaired) electrons. The molecule has 0 fully saturated rings. The molecule has 0 aliphatic rings. The van der Waals surface area contributed by atoms with Crippen LogP contribution in [0.3, 0.4) is 0 Å². The molecule has 0 aliphatic heterocycles. The van der Waals surface area contributed by atoms with Crippen LogP contribution < -0.4 is 33.9 Å². The Morgan fingerprint density at radius 1 is 1.08 bits per heavy atom. The highest BCUT2D eigenvalue weighted by atomic mass is 127. The number of aromatic nitrogens is 1. The fourth-order valence-electron chi connectivity index (χ4n) is 2.87. The van der Waals surface area contributed by atoms with E-state index in [1.807, 2.05) is 36.5 Å². The number of hydrogen-bond acceptors (Lipinski definition) is 2. The minimum atomic E-state index is 0. The average molecular weight is 444 g/mol. The van der Waals surface area contributed by atoms with Crippen molar-refractivity contribution in [1.29, 1.82) is 0 Å². The molecule has 128 valence electrons. The van der Waals surface area contributed by atoms with E-state index in [0.29, 0.717) is 5.56 Å². The number of carbonyl (C=O) groups is 1. The Hall–Kier alpha value is -2.21. The van der Waals surface area contributed by atoms with Crippen LogP contribution in [0.5, 0.6) is 0 Å². The molecule has 0 spiro atoms. The fourth-order valence-corrected chi connectivity index (χ4v) is 2.87. The molecule has 0 unspecified atom stereocenters. The number of pyridine rings is 1. The number of anilines is 1. The van der Waals surface area contributed by atoms with Gasteiger partial charge in [0.2, 0.25) is 5.52 Å². The van der Waals surface area contributed by atoms with Crippen LogP contribution in [-0.2, 0) is 6.54 Å². The topological polar surface area (TPSA) is 33.0 Å². The Morgan fingerprint density at radius 2 is 1.80 bits per heavy atom. The number of rotatable bonds is 5. The normalized spacial score (nSPS) is 10.6. The highest BCUT2D eigenvalue weighted by molar-refractivity contribution is 5.99. The first kappa shape index (κ1) is 19.1. The van der Waals surface area contributed by atoms with Gasteiger partial charge < -0.3 is 29.3 Å². The van der Waals surface area contributed by atoms with Crippen molar-refractivity contribution in [2.24, 2.45) is 0 Å². The molecular formula is C21H21IN2O. The SMILES string of the molecule is CC[n+]1ccc(C=CNc2ccccc2C(C)=O)c2ccccc21.[I-]. The Morgan fingerprint density at radius 3 is 2.56 bits per heavy atom. The fraction of sp³-hybridized carbons (Fsp3) is 0.143. The van der Waals surface area contributed by atoms with Crippen LogP contribution in [0.4, 0.5) is 5.69 Å². The van der Waals surface area contributed by atoms with Crippen molar-refractivity contribution in [3.05, 3.63) is 78.1 Å². The van der Waals surface area contributed by atoms with Crippen molar-refractivity contribution >= 4 is 28.4 Å². The van der Waals surface area contributed by atoms with Crippen molar-refractivity contribution in [3.8, 4) is 0 Å². The van der Waals surface area contributed by atoms with Gasteiger partial charge in [-0.2, -0.15) is 4.57 Å². The molecule has 3 aromatic rings. The molecule has 3 rings (SSSR count). The molecule has 0 bridgehead atoms. The number of nitrogens with one attached hydrogen (secondary N) is 1. The molecule has 1 aromatic heterocycles. The Kier molecular flexibility index (Phi) is 6.70. The number of para-hydroxylation sites is 2. The summed E-state index contributed by atoms with van der Waals surface area (Å²) in [5.74, 6) is 0.0562. The lowest BCUT2D eigenvalue weighted by molar-refractivity contribution is -0.667. The summed E-state index contributed by atoms with van der Waals surface area (Å²) in [6, 6.07) is 18.0. The largest absolute Gasteiger partial charge is 1.00 e. The summed E-state index contributed by atoms with van der Waals surface area (Å²) in [7, 11) is 0. The van der Waals surface area contributed by atoms with Gasteiger partial charge in [-0.05, 0) is 43.7 Å². The maximum atomic E-state index is 11.7. The first-order valence-electron chi connectivity index (χ1n) is 8.15. The minimum absolute atomic E-state index is 0. The van der Waals surface area contributed by atoms with E-state index in [1.54, 1.807) is 6.92 Å². The zero-order valence-electron chi connectivity index (χ0n) is 14.4. The maximum absolute atomic E-state index is 11.7. The van der Waals surface area contributed by atoms with Crippen LogP contribution in [0, 0.1) is 0 Å². The molecule has 3 nitrogen and oxygen atoms in total. The van der Waals surface area contributed by atoms with Gasteiger partial charge in [0.25, 0.3) is 0 Å². The monoisotopic (exact) mass is 444 g/mol. The highest BCUT2D eigenvalue weighted by Gasteiger charge is 2.09. The van der Waals surface area contributed by atoms with Crippen LogP contribution in [-0.4, -0.2) is 5.78 Å². The number of carbonyl (C=O) groups excluding carboxylic acids is 1. The quantitative estimate of drug-likeness (QED) is 0.367.